The first kappa shape index (κ1) is 13.6. The molecular formula is C13H21N3O. The summed E-state index contributed by atoms with van der Waals surface area (Å²) in [5.41, 5.74) is 6.22. The molecule has 0 aliphatic rings. The van der Waals surface area contributed by atoms with Crippen molar-refractivity contribution >= 4 is 11.7 Å². The maximum Gasteiger partial charge on any atom is 0.233 e. The van der Waals surface area contributed by atoms with Crippen molar-refractivity contribution in [1.82, 2.24) is 4.98 Å². The molecule has 0 bridgehead atoms. The number of nitrogens with zero attached hydrogens (tertiary/aromatic N) is 1. The molecule has 3 N–H and O–H groups in total. The molecule has 1 amide bonds. The van der Waals surface area contributed by atoms with Crippen LogP contribution in [0.3, 0.4) is 0 Å². The second-order valence-corrected chi connectivity index (χ2v) is 4.31. The fourth-order valence-corrected chi connectivity index (χ4v) is 1.81. The van der Waals surface area contributed by atoms with Crippen molar-refractivity contribution in [2.45, 2.75) is 33.6 Å². The number of hydrogen-bond acceptors (Lipinski definition) is 3. The van der Waals surface area contributed by atoms with Crippen molar-refractivity contribution in [1.29, 1.82) is 0 Å². The van der Waals surface area contributed by atoms with Crippen LogP contribution in [0, 0.1) is 12.3 Å². The zero-order valence-corrected chi connectivity index (χ0v) is 10.8. The van der Waals surface area contributed by atoms with Gasteiger partial charge in [0.1, 0.15) is 5.82 Å². The van der Waals surface area contributed by atoms with Crippen LogP contribution < -0.4 is 11.1 Å². The van der Waals surface area contributed by atoms with Crippen LogP contribution in [-0.2, 0) is 4.79 Å². The number of carbonyl (C=O) groups is 1. The van der Waals surface area contributed by atoms with Crippen LogP contribution in [0.4, 0.5) is 5.82 Å². The summed E-state index contributed by atoms with van der Waals surface area (Å²) in [6.45, 7) is 6.25. The molecule has 17 heavy (non-hydrogen) atoms. The highest BCUT2D eigenvalue weighted by atomic mass is 16.2. The van der Waals surface area contributed by atoms with Gasteiger partial charge in [-0.15, -0.1) is 0 Å². The van der Waals surface area contributed by atoms with E-state index in [0.29, 0.717) is 12.4 Å². The topological polar surface area (TPSA) is 68.0 Å². The molecule has 0 saturated heterocycles. The molecule has 1 heterocycles. The lowest BCUT2D eigenvalue weighted by Crippen LogP contribution is -2.41. The molecule has 94 valence electrons. The minimum Gasteiger partial charge on any atom is -0.329 e. The molecule has 0 aromatic carbocycles. The Balaban J connectivity index is 2.88. The van der Waals surface area contributed by atoms with Gasteiger partial charge in [0, 0.05) is 12.7 Å². The number of hydrogen-bond donors (Lipinski definition) is 2. The Labute approximate surface area is 103 Å². The van der Waals surface area contributed by atoms with Crippen molar-refractivity contribution < 1.29 is 4.79 Å². The van der Waals surface area contributed by atoms with E-state index < -0.39 is 5.41 Å². The summed E-state index contributed by atoms with van der Waals surface area (Å²) in [4.78, 5) is 16.4. The minimum absolute atomic E-state index is 0.0354. The molecule has 1 aromatic heterocycles. The fourth-order valence-electron chi connectivity index (χ4n) is 1.81. The number of rotatable bonds is 5. The molecular weight excluding hydrogens is 214 g/mol. The van der Waals surface area contributed by atoms with E-state index in [-0.39, 0.29) is 5.91 Å². The Hall–Kier alpha value is -1.42. The van der Waals surface area contributed by atoms with E-state index >= 15 is 0 Å². The number of anilines is 1. The second kappa shape index (κ2) is 5.77. The first-order valence-corrected chi connectivity index (χ1v) is 6.02. The molecule has 0 saturated carbocycles. The first-order chi connectivity index (χ1) is 8.09. The summed E-state index contributed by atoms with van der Waals surface area (Å²) < 4.78 is 0. The molecule has 0 aliphatic heterocycles. The van der Waals surface area contributed by atoms with Crippen LogP contribution >= 0.6 is 0 Å². The molecule has 0 spiro atoms. The number of aromatic nitrogens is 1. The Morgan fingerprint density at radius 1 is 1.47 bits per heavy atom. The summed E-state index contributed by atoms with van der Waals surface area (Å²) in [7, 11) is 0. The van der Waals surface area contributed by atoms with Gasteiger partial charge in [0.05, 0.1) is 5.41 Å². The minimum atomic E-state index is -0.482. The highest BCUT2D eigenvalue weighted by molar-refractivity contribution is 5.95. The van der Waals surface area contributed by atoms with Gasteiger partial charge in [-0.25, -0.2) is 4.98 Å². The highest BCUT2D eigenvalue weighted by Crippen LogP contribution is 2.27. The number of aryl methyl sites for hydroxylation is 1. The van der Waals surface area contributed by atoms with Crippen LogP contribution in [0.25, 0.3) is 0 Å². The molecule has 4 nitrogen and oxygen atoms in total. The standard InChI is InChI=1S/C13H21N3O/c1-4-13(5-2,9-14)12(17)16-11-10(3)7-6-8-15-11/h6-8H,4-5,9,14H2,1-3H3,(H,15,16,17). The van der Waals surface area contributed by atoms with E-state index in [2.05, 4.69) is 10.3 Å². The maximum absolute atomic E-state index is 12.2. The lowest BCUT2D eigenvalue weighted by molar-refractivity contribution is -0.125. The van der Waals surface area contributed by atoms with Crippen molar-refractivity contribution in [3.05, 3.63) is 23.9 Å². The quantitative estimate of drug-likeness (QED) is 0.821. The van der Waals surface area contributed by atoms with E-state index in [0.717, 1.165) is 18.4 Å². The van der Waals surface area contributed by atoms with Gasteiger partial charge in [-0.2, -0.15) is 0 Å². The highest BCUT2D eigenvalue weighted by Gasteiger charge is 2.33. The normalized spacial score (nSPS) is 11.3. The monoisotopic (exact) mass is 235 g/mol. The maximum atomic E-state index is 12.2. The van der Waals surface area contributed by atoms with Gasteiger partial charge >= 0.3 is 0 Å². The zero-order valence-electron chi connectivity index (χ0n) is 10.8. The van der Waals surface area contributed by atoms with Crippen molar-refractivity contribution in [3.8, 4) is 0 Å². The Bertz CT molecular complexity index is 378. The van der Waals surface area contributed by atoms with Gasteiger partial charge < -0.3 is 11.1 Å². The smallest absolute Gasteiger partial charge is 0.233 e. The number of pyridine rings is 1. The SMILES string of the molecule is CCC(CC)(CN)C(=O)Nc1ncccc1C. The second-order valence-electron chi connectivity index (χ2n) is 4.31. The Kier molecular flexibility index (Phi) is 4.63. The van der Waals surface area contributed by atoms with E-state index in [4.69, 9.17) is 5.73 Å². The van der Waals surface area contributed by atoms with Crippen molar-refractivity contribution in [3.63, 3.8) is 0 Å². The van der Waals surface area contributed by atoms with Crippen LogP contribution in [-0.4, -0.2) is 17.4 Å². The van der Waals surface area contributed by atoms with Gasteiger partial charge in [-0.1, -0.05) is 19.9 Å². The largest absolute Gasteiger partial charge is 0.329 e. The molecule has 0 unspecified atom stereocenters. The summed E-state index contributed by atoms with van der Waals surface area (Å²) in [5.74, 6) is 0.587. The van der Waals surface area contributed by atoms with E-state index in [1.807, 2.05) is 32.9 Å². The van der Waals surface area contributed by atoms with Gasteiger partial charge in [0.25, 0.3) is 0 Å². The molecule has 1 rings (SSSR count). The van der Waals surface area contributed by atoms with E-state index in [1.165, 1.54) is 0 Å². The third kappa shape index (κ3) is 2.82. The van der Waals surface area contributed by atoms with Gasteiger partial charge in [-0.05, 0) is 31.4 Å². The zero-order chi connectivity index (χ0) is 12.9. The Morgan fingerprint density at radius 2 is 2.12 bits per heavy atom. The van der Waals surface area contributed by atoms with Crippen LogP contribution in [0.5, 0.6) is 0 Å². The molecule has 4 heteroatoms. The molecule has 0 radical (unpaired) electrons. The van der Waals surface area contributed by atoms with Crippen LogP contribution in [0.15, 0.2) is 18.3 Å². The summed E-state index contributed by atoms with van der Waals surface area (Å²) in [5, 5.41) is 2.87. The Morgan fingerprint density at radius 3 is 2.59 bits per heavy atom. The van der Waals surface area contributed by atoms with Gasteiger partial charge in [0.15, 0.2) is 0 Å². The predicted octanol–water partition coefficient (Wildman–Crippen LogP) is 2.09. The number of carbonyl (C=O) groups excluding carboxylic acids is 1. The molecule has 1 aromatic rings. The summed E-state index contributed by atoms with van der Waals surface area (Å²) in [6, 6.07) is 3.77. The van der Waals surface area contributed by atoms with Crippen LogP contribution in [0.1, 0.15) is 32.3 Å². The summed E-state index contributed by atoms with van der Waals surface area (Å²) in [6.07, 6.45) is 3.14. The van der Waals surface area contributed by atoms with E-state index in [9.17, 15) is 4.79 Å². The average molecular weight is 235 g/mol. The van der Waals surface area contributed by atoms with E-state index in [1.54, 1.807) is 6.20 Å². The first-order valence-electron chi connectivity index (χ1n) is 6.02. The lowest BCUT2D eigenvalue weighted by atomic mass is 9.81. The van der Waals surface area contributed by atoms with Gasteiger partial charge in [-0.3, -0.25) is 4.79 Å². The fraction of sp³-hybridized carbons (Fsp3) is 0.538. The van der Waals surface area contributed by atoms with Gasteiger partial charge in [0.2, 0.25) is 5.91 Å². The average Bonchev–Trinajstić information content (AvgIpc) is 2.35. The number of nitrogens with two attached hydrogens (primary N) is 1. The third-order valence-electron chi connectivity index (χ3n) is 3.47. The molecule has 0 fully saturated rings. The molecule has 0 atom stereocenters. The number of nitrogens with one attached hydrogen (secondary N) is 1. The van der Waals surface area contributed by atoms with Crippen molar-refractivity contribution in [2.24, 2.45) is 11.1 Å². The number of amides is 1. The lowest BCUT2D eigenvalue weighted by Gasteiger charge is -2.28. The third-order valence-corrected chi connectivity index (χ3v) is 3.47. The van der Waals surface area contributed by atoms with Crippen LogP contribution in [0.2, 0.25) is 0 Å². The van der Waals surface area contributed by atoms with Crippen molar-refractivity contribution in [2.75, 3.05) is 11.9 Å². The molecule has 0 aliphatic carbocycles. The predicted molar refractivity (Wildman–Crippen MR) is 69.7 cm³/mol. The summed E-state index contributed by atoms with van der Waals surface area (Å²) >= 11 is 0.